The summed E-state index contributed by atoms with van der Waals surface area (Å²) in [6, 6.07) is 1.32. The average Bonchev–Trinajstić information content (AvgIpc) is 2.50. The van der Waals surface area contributed by atoms with Gasteiger partial charge >= 0.3 is 11.9 Å². The third-order valence-corrected chi connectivity index (χ3v) is 4.57. The van der Waals surface area contributed by atoms with E-state index in [1.165, 1.54) is 0 Å². The second-order valence-corrected chi connectivity index (χ2v) is 6.50. The highest BCUT2D eigenvalue weighted by atomic mass is 32.2. The number of halogens is 1. The number of aliphatic carboxylic acids is 1. The minimum atomic E-state index is -4.23. The first-order valence-electron chi connectivity index (χ1n) is 6.86. The van der Waals surface area contributed by atoms with Crippen LogP contribution in [0.2, 0.25) is 0 Å². The zero-order valence-electron chi connectivity index (χ0n) is 12.7. The molecule has 9 heteroatoms. The lowest BCUT2D eigenvalue weighted by Crippen LogP contribution is -2.40. The molecule has 1 atom stereocenters. The molecule has 1 unspecified atom stereocenters. The number of hydrogen-bond acceptors (Lipinski definition) is 5. The summed E-state index contributed by atoms with van der Waals surface area (Å²) in [5.74, 6) is -3.32. The highest BCUT2D eigenvalue weighted by molar-refractivity contribution is 7.89. The molecule has 0 spiro atoms. The summed E-state index contributed by atoms with van der Waals surface area (Å²) in [6.45, 7) is 1.84. The highest BCUT2D eigenvalue weighted by Crippen LogP contribution is 2.17. The van der Waals surface area contributed by atoms with Crippen LogP contribution in [-0.2, 0) is 19.6 Å². The fourth-order valence-corrected chi connectivity index (χ4v) is 3.07. The van der Waals surface area contributed by atoms with Gasteiger partial charge in [-0.25, -0.2) is 17.6 Å². The monoisotopic (exact) mass is 347 g/mol. The number of hydrogen-bond donors (Lipinski definition) is 2. The first-order valence-corrected chi connectivity index (χ1v) is 8.34. The van der Waals surface area contributed by atoms with Gasteiger partial charge in [0, 0.05) is 0 Å². The SMILES string of the molecule is CCCCC(NS(=O)(=O)c1ccc(C(=O)OC)c(F)c1)C(=O)O. The average molecular weight is 347 g/mol. The minimum absolute atomic E-state index is 0.119. The van der Waals surface area contributed by atoms with Crippen LogP contribution in [0.3, 0.4) is 0 Å². The maximum absolute atomic E-state index is 13.8. The van der Waals surface area contributed by atoms with E-state index in [2.05, 4.69) is 4.74 Å². The van der Waals surface area contributed by atoms with Crippen LogP contribution in [0.1, 0.15) is 36.5 Å². The van der Waals surface area contributed by atoms with E-state index >= 15 is 0 Å². The smallest absolute Gasteiger partial charge is 0.340 e. The standard InChI is InChI=1S/C14H18FNO6S/c1-3-4-5-12(13(17)18)16-23(20,21)9-6-7-10(11(15)8-9)14(19)22-2/h6-8,12,16H,3-5H2,1-2H3,(H,17,18). The molecule has 0 aromatic heterocycles. The van der Waals surface area contributed by atoms with Crippen molar-refractivity contribution in [2.24, 2.45) is 0 Å². The van der Waals surface area contributed by atoms with Gasteiger partial charge in [0.15, 0.2) is 0 Å². The molecule has 0 aliphatic carbocycles. The fourth-order valence-electron chi connectivity index (χ4n) is 1.83. The van der Waals surface area contributed by atoms with Gasteiger partial charge in [0.1, 0.15) is 11.9 Å². The molecule has 0 fully saturated rings. The van der Waals surface area contributed by atoms with E-state index in [1.54, 1.807) is 0 Å². The van der Waals surface area contributed by atoms with Gasteiger partial charge in [0.05, 0.1) is 17.6 Å². The number of benzene rings is 1. The lowest BCUT2D eigenvalue weighted by Gasteiger charge is -2.14. The van der Waals surface area contributed by atoms with Crippen molar-refractivity contribution in [2.75, 3.05) is 7.11 Å². The first-order chi connectivity index (χ1) is 10.7. The number of sulfonamides is 1. The Kier molecular flexibility index (Phi) is 6.64. The third kappa shape index (κ3) is 5.00. The molecule has 0 amide bonds. The van der Waals surface area contributed by atoms with Crippen molar-refractivity contribution in [1.82, 2.24) is 4.72 Å². The van der Waals surface area contributed by atoms with Crippen LogP contribution < -0.4 is 4.72 Å². The van der Waals surface area contributed by atoms with Gasteiger partial charge in [0.25, 0.3) is 0 Å². The number of carboxylic acids is 1. The van der Waals surface area contributed by atoms with E-state index in [9.17, 15) is 22.4 Å². The fraction of sp³-hybridized carbons (Fsp3) is 0.429. The summed E-state index contributed by atoms with van der Waals surface area (Å²) >= 11 is 0. The molecule has 128 valence electrons. The van der Waals surface area contributed by atoms with Crippen LogP contribution in [0.5, 0.6) is 0 Å². The van der Waals surface area contributed by atoms with E-state index in [0.29, 0.717) is 18.9 Å². The van der Waals surface area contributed by atoms with Crippen molar-refractivity contribution in [1.29, 1.82) is 0 Å². The molecule has 0 saturated carbocycles. The summed E-state index contributed by atoms with van der Waals surface area (Å²) in [5, 5.41) is 9.05. The number of methoxy groups -OCH3 is 1. The molecule has 0 bridgehead atoms. The van der Waals surface area contributed by atoms with Crippen LogP contribution in [0.25, 0.3) is 0 Å². The van der Waals surface area contributed by atoms with Crippen LogP contribution in [0.15, 0.2) is 23.1 Å². The van der Waals surface area contributed by atoms with Gasteiger partial charge in [-0.05, 0) is 24.6 Å². The molecule has 0 saturated heterocycles. The summed E-state index contributed by atoms with van der Waals surface area (Å²) in [7, 11) is -3.16. The number of carbonyl (C=O) groups is 2. The number of ether oxygens (including phenoxy) is 1. The Bertz CT molecular complexity index is 689. The summed E-state index contributed by atoms with van der Waals surface area (Å²) in [4.78, 5) is 21.9. The van der Waals surface area contributed by atoms with E-state index in [4.69, 9.17) is 5.11 Å². The topological polar surface area (TPSA) is 110 Å². The highest BCUT2D eigenvalue weighted by Gasteiger charge is 2.26. The minimum Gasteiger partial charge on any atom is -0.480 e. The van der Waals surface area contributed by atoms with Crippen molar-refractivity contribution in [3.8, 4) is 0 Å². The zero-order valence-corrected chi connectivity index (χ0v) is 13.5. The number of carbonyl (C=O) groups excluding carboxylic acids is 1. The maximum Gasteiger partial charge on any atom is 0.340 e. The molecule has 0 aliphatic rings. The molecule has 0 radical (unpaired) electrons. The van der Waals surface area contributed by atoms with E-state index < -0.39 is 44.3 Å². The van der Waals surface area contributed by atoms with Gasteiger partial charge in [-0.15, -0.1) is 0 Å². The molecule has 1 aromatic carbocycles. The molecular weight excluding hydrogens is 329 g/mol. The molecular formula is C14H18FNO6S. The second-order valence-electron chi connectivity index (χ2n) is 4.79. The van der Waals surface area contributed by atoms with Crippen molar-refractivity contribution >= 4 is 22.0 Å². The Morgan fingerprint density at radius 2 is 2.04 bits per heavy atom. The Hall–Kier alpha value is -2.00. The largest absolute Gasteiger partial charge is 0.480 e. The normalized spacial score (nSPS) is 12.7. The van der Waals surface area contributed by atoms with Crippen LogP contribution in [0.4, 0.5) is 4.39 Å². The van der Waals surface area contributed by atoms with Crippen molar-refractivity contribution in [2.45, 2.75) is 37.1 Å². The first kappa shape index (κ1) is 19.0. The van der Waals surface area contributed by atoms with E-state index in [0.717, 1.165) is 19.2 Å². The zero-order chi connectivity index (χ0) is 17.6. The quantitative estimate of drug-likeness (QED) is 0.690. The predicted molar refractivity (Wildman–Crippen MR) is 79.0 cm³/mol. The van der Waals surface area contributed by atoms with Gasteiger partial charge < -0.3 is 9.84 Å². The maximum atomic E-state index is 13.8. The molecule has 2 N–H and O–H groups in total. The lowest BCUT2D eigenvalue weighted by molar-refractivity contribution is -0.139. The second kappa shape index (κ2) is 8.02. The Labute approximate surface area is 133 Å². The summed E-state index contributed by atoms with van der Waals surface area (Å²) in [5.41, 5.74) is -0.410. The number of unbranched alkanes of at least 4 members (excludes halogenated alkanes) is 1. The Balaban J connectivity index is 3.06. The van der Waals surface area contributed by atoms with Crippen LogP contribution in [-0.4, -0.2) is 38.6 Å². The van der Waals surface area contributed by atoms with Gasteiger partial charge in [-0.1, -0.05) is 19.8 Å². The van der Waals surface area contributed by atoms with Crippen molar-refractivity contribution in [3.63, 3.8) is 0 Å². The summed E-state index contributed by atoms with van der Waals surface area (Å²) < 4.78 is 44.5. The Morgan fingerprint density at radius 1 is 1.39 bits per heavy atom. The number of rotatable bonds is 8. The van der Waals surface area contributed by atoms with Gasteiger partial charge in [-0.3, -0.25) is 4.79 Å². The molecule has 7 nitrogen and oxygen atoms in total. The molecule has 0 heterocycles. The number of nitrogens with one attached hydrogen (secondary N) is 1. The van der Waals surface area contributed by atoms with Gasteiger partial charge in [-0.2, -0.15) is 4.72 Å². The summed E-state index contributed by atoms with van der Waals surface area (Å²) in [6.07, 6.45) is 1.34. The Morgan fingerprint density at radius 3 is 2.52 bits per heavy atom. The lowest BCUT2D eigenvalue weighted by atomic mass is 10.1. The van der Waals surface area contributed by atoms with E-state index in [1.807, 2.05) is 11.6 Å². The predicted octanol–water partition coefficient (Wildman–Crippen LogP) is 1.53. The molecule has 0 aliphatic heterocycles. The van der Waals surface area contributed by atoms with Crippen LogP contribution in [0, 0.1) is 5.82 Å². The van der Waals surface area contributed by atoms with Gasteiger partial charge in [0.2, 0.25) is 10.0 Å². The molecule has 1 aromatic rings. The molecule has 23 heavy (non-hydrogen) atoms. The number of carboxylic acid groups (broad SMARTS) is 1. The number of esters is 1. The van der Waals surface area contributed by atoms with Crippen molar-refractivity contribution in [3.05, 3.63) is 29.6 Å². The molecule has 1 rings (SSSR count). The van der Waals surface area contributed by atoms with Crippen molar-refractivity contribution < 1.29 is 32.2 Å². The van der Waals surface area contributed by atoms with E-state index in [-0.39, 0.29) is 6.42 Å². The van der Waals surface area contributed by atoms with Crippen LogP contribution >= 0.6 is 0 Å². The third-order valence-electron chi connectivity index (χ3n) is 3.10.